The molecule has 3 rings (SSSR count). The fourth-order valence-corrected chi connectivity index (χ4v) is 3.86. The molecule has 0 bridgehead atoms. The molecule has 0 aliphatic heterocycles. The van der Waals surface area contributed by atoms with E-state index in [0.29, 0.717) is 11.1 Å². The van der Waals surface area contributed by atoms with E-state index >= 15 is 0 Å². The van der Waals surface area contributed by atoms with Crippen LogP contribution >= 0.6 is 0 Å². The van der Waals surface area contributed by atoms with Crippen molar-refractivity contribution in [2.45, 2.75) is 11.8 Å². The van der Waals surface area contributed by atoms with Gasteiger partial charge in [0, 0.05) is 18.2 Å². The minimum atomic E-state index is -4.27. The monoisotopic (exact) mass is 508 g/mol. The number of benzene rings is 3. The summed E-state index contributed by atoms with van der Waals surface area (Å²) in [6.07, 6.45) is 1.21. The Hall–Kier alpha value is -5.09. The molecule has 0 aliphatic carbocycles. The number of anilines is 1. The molecule has 0 aromatic heterocycles. The molecule has 0 atom stereocenters. The number of carbonyl (C=O) groups excluding carboxylic acids is 1. The number of aryl methyl sites for hydroxylation is 1. The fraction of sp³-hybridized carbons (Fsp3) is 0.0435. The van der Waals surface area contributed by atoms with Crippen LogP contribution in [0.4, 0.5) is 17.1 Å². The largest absolute Gasteiger partial charge is 0.379 e. The molecule has 0 saturated heterocycles. The topological polar surface area (TPSA) is 183 Å². The van der Waals surface area contributed by atoms with Gasteiger partial charge in [0.25, 0.3) is 17.3 Å². The first kappa shape index (κ1) is 25.5. The van der Waals surface area contributed by atoms with Gasteiger partial charge in [-0.1, -0.05) is 18.2 Å². The summed E-state index contributed by atoms with van der Waals surface area (Å²) in [5, 5.41) is 33.7. The van der Waals surface area contributed by atoms with Crippen LogP contribution in [0.15, 0.2) is 77.2 Å². The molecule has 0 fully saturated rings. The number of nitrogens with one attached hydrogen (secondary N) is 1. The Bertz CT molecular complexity index is 1520. The lowest BCUT2D eigenvalue weighted by Gasteiger charge is -2.08. The molecule has 1 amide bonds. The molecule has 0 aliphatic rings. The fourth-order valence-electron chi connectivity index (χ4n) is 2.93. The summed E-state index contributed by atoms with van der Waals surface area (Å²) in [6, 6.07) is 15.4. The molecular weight excluding hydrogens is 492 g/mol. The van der Waals surface area contributed by atoms with E-state index in [1.54, 1.807) is 19.1 Å². The molecular formula is C23H16N4O8S. The average molecular weight is 508 g/mol. The van der Waals surface area contributed by atoms with Crippen LogP contribution in [0.25, 0.3) is 6.08 Å². The highest BCUT2D eigenvalue weighted by Gasteiger charge is 2.20. The zero-order valence-corrected chi connectivity index (χ0v) is 19.3. The molecule has 1 N–H and O–H groups in total. The van der Waals surface area contributed by atoms with Crippen molar-refractivity contribution in [2.75, 3.05) is 5.32 Å². The standard InChI is InChI=1S/C23H16N4O8S/c1-15-2-11-21(22(12-15)27(31)32)25-23(28)17(14-24)13-16-3-7-19(8-4-16)35-36(33,34)20-9-5-18(6-10-20)26(29)30/h2-13H,1H3,(H,25,28)/b17-13+. The van der Waals surface area contributed by atoms with Gasteiger partial charge < -0.3 is 9.50 Å². The summed E-state index contributed by atoms with van der Waals surface area (Å²) in [5.41, 5.74) is -0.0568. The Labute approximate surface area is 204 Å². The molecule has 182 valence electrons. The number of nitro groups is 2. The van der Waals surface area contributed by atoms with Crippen LogP contribution in [0.5, 0.6) is 5.75 Å². The second-order valence-electron chi connectivity index (χ2n) is 7.26. The predicted octanol–water partition coefficient (Wildman–Crippen LogP) is 4.12. The predicted molar refractivity (Wildman–Crippen MR) is 127 cm³/mol. The van der Waals surface area contributed by atoms with Crippen molar-refractivity contribution in [1.29, 1.82) is 5.26 Å². The van der Waals surface area contributed by atoms with E-state index < -0.39 is 25.9 Å². The van der Waals surface area contributed by atoms with Gasteiger partial charge in [-0.05, 0) is 54.5 Å². The quantitative estimate of drug-likeness (QED) is 0.154. The summed E-state index contributed by atoms with van der Waals surface area (Å²) in [6.45, 7) is 1.66. The third-order valence-electron chi connectivity index (χ3n) is 4.70. The number of non-ortho nitro benzene ring substituents is 1. The summed E-state index contributed by atoms with van der Waals surface area (Å²) in [4.78, 5) is 32.9. The maximum atomic E-state index is 12.5. The van der Waals surface area contributed by atoms with Gasteiger partial charge in [-0.2, -0.15) is 13.7 Å². The Morgan fingerprint density at radius 1 is 1.00 bits per heavy atom. The van der Waals surface area contributed by atoms with Crippen LogP contribution in [-0.2, 0) is 14.9 Å². The third kappa shape index (κ3) is 6.07. The highest BCUT2D eigenvalue weighted by molar-refractivity contribution is 7.87. The van der Waals surface area contributed by atoms with E-state index in [9.17, 15) is 38.7 Å². The van der Waals surface area contributed by atoms with Crippen LogP contribution in [0, 0.1) is 38.5 Å². The second kappa shape index (κ2) is 10.5. The summed E-state index contributed by atoms with van der Waals surface area (Å²) in [5.74, 6) is -0.950. The van der Waals surface area contributed by atoms with Crippen molar-refractivity contribution >= 4 is 39.2 Å². The lowest BCUT2D eigenvalue weighted by Crippen LogP contribution is -2.14. The molecule has 0 radical (unpaired) electrons. The van der Waals surface area contributed by atoms with Gasteiger partial charge in [-0.25, -0.2) is 0 Å². The lowest BCUT2D eigenvalue weighted by molar-refractivity contribution is -0.384. The van der Waals surface area contributed by atoms with Gasteiger partial charge in [0.15, 0.2) is 0 Å². The third-order valence-corrected chi connectivity index (χ3v) is 5.96. The van der Waals surface area contributed by atoms with E-state index in [4.69, 9.17) is 4.18 Å². The van der Waals surface area contributed by atoms with E-state index in [2.05, 4.69) is 5.32 Å². The first-order chi connectivity index (χ1) is 17.0. The molecule has 0 heterocycles. The van der Waals surface area contributed by atoms with Crippen LogP contribution < -0.4 is 9.50 Å². The van der Waals surface area contributed by atoms with Crippen LogP contribution in [0.1, 0.15) is 11.1 Å². The zero-order valence-electron chi connectivity index (χ0n) is 18.4. The van der Waals surface area contributed by atoms with Crippen LogP contribution in [0.3, 0.4) is 0 Å². The van der Waals surface area contributed by atoms with E-state index in [0.717, 1.165) is 24.3 Å². The average Bonchev–Trinajstić information content (AvgIpc) is 2.84. The number of nitriles is 1. The molecule has 13 heteroatoms. The van der Waals surface area contributed by atoms with Crippen molar-refractivity contribution in [1.82, 2.24) is 0 Å². The van der Waals surface area contributed by atoms with Gasteiger partial charge in [-0.15, -0.1) is 0 Å². The SMILES string of the molecule is Cc1ccc(NC(=O)/C(C#N)=C/c2ccc(OS(=O)(=O)c3ccc([N+](=O)[O-])cc3)cc2)c([N+](=O)[O-])c1. The van der Waals surface area contributed by atoms with Crippen molar-refractivity contribution < 1.29 is 27.2 Å². The smallest absolute Gasteiger partial charge is 0.339 e. The summed E-state index contributed by atoms with van der Waals surface area (Å²) < 4.78 is 29.8. The highest BCUT2D eigenvalue weighted by atomic mass is 32.2. The van der Waals surface area contributed by atoms with Gasteiger partial charge >= 0.3 is 10.1 Å². The summed E-state index contributed by atoms with van der Waals surface area (Å²) in [7, 11) is -4.27. The van der Waals surface area contributed by atoms with Gasteiger partial charge in [-0.3, -0.25) is 25.0 Å². The number of rotatable bonds is 8. The maximum Gasteiger partial charge on any atom is 0.339 e. The second-order valence-corrected chi connectivity index (χ2v) is 8.81. The Balaban J connectivity index is 1.76. The van der Waals surface area contributed by atoms with E-state index in [-0.39, 0.29) is 33.3 Å². The van der Waals surface area contributed by atoms with Gasteiger partial charge in [0.05, 0.1) is 9.85 Å². The molecule has 12 nitrogen and oxygen atoms in total. The van der Waals surface area contributed by atoms with Crippen molar-refractivity contribution in [3.63, 3.8) is 0 Å². The normalized spacial score (nSPS) is 11.3. The Morgan fingerprint density at radius 2 is 1.64 bits per heavy atom. The number of hydrogen-bond acceptors (Lipinski definition) is 9. The zero-order chi connectivity index (χ0) is 26.5. The Kier molecular flexibility index (Phi) is 7.41. The van der Waals surface area contributed by atoms with Gasteiger partial charge in [0.2, 0.25) is 0 Å². The number of nitro benzene ring substituents is 2. The first-order valence-electron chi connectivity index (χ1n) is 9.97. The maximum absolute atomic E-state index is 12.5. The minimum absolute atomic E-state index is 0.0723. The van der Waals surface area contributed by atoms with Crippen molar-refractivity contribution in [3.8, 4) is 11.8 Å². The molecule has 36 heavy (non-hydrogen) atoms. The molecule has 0 unspecified atom stereocenters. The highest BCUT2D eigenvalue weighted by Crippen LogP contribution is 2.26. The summed E-state index contributed by atoms with van der Waals surface area (Å²) >= 11 is 0. The molecule has 3 aromatic rings. The Morgan fingerprint density at radius 3 is 2.19 bits per heavy atom. The van der Waals surface area contributed by atoms with E-state index in [1.807, 2.05) is 0 Å². The van der Waals surface area contributed by atoms with Crippen molar-refractivity contribution in [3.05, 3.63) is 104 Å². The van der Waals surface area contributed by atoms with Crippen LogP contribution in [-0.4, -0.2) is 24.2 Å². The van der Waals surface area contributed by atoms with Crippen molar-refractivity contribution in [2.24, 2.45) is 0 Å². The molecule has 0 spiro atoms. The first-order valence-corrected chi connectivity index (χ1v) is 11.4. The number of carbonyl (C=O) groups is 1. The minimum Gasteiger partial charge on any atom is -0.379 e. The number of nitrogens with zero attached hydrogens (tertiary/aromatic N) is 3. The number of amides is 1. The van der Waals surface area contributed by atoms with E-state index in [1.165, 1.54) is 42.5 Å². The molecule has 0 saturated carbocycles. The lowest BCUT2D eigenvalue weighted by atomic mass is 10.1. The van der Waals surface area contributed by atoms with Gasteiger partial charge in [0.1, 0.15) is 28.0 Å². The number of hydrogen-bond donors (Lipinski definition) is 1. The van der Waals surface area contributed by atoms with Crippen LogP contribution in [0.2, 0.25) is 0 Å². The molecule has 3 aromatic carbocycles.